The number of anilines is 1. The van der Waals surface area contributed by atoms with E-state index in [0.717, 1.165) is 29.0 Å². The maximum Gasteiger partial charge on any atom is 0.272 e. The van der Waals surface area contributed by atoms with E-state index < -0.39 is 11.4 Å². The number of benzene rings is 3. The second-order valence-corrected chi connectivity index (χ2v) is 8.23. The van der Waals surface area contributed by atoms with E-state index in [1.807, 2.05) is 18.2 Å². The molecule has 4 N–H and O–H groups in total. The third-order valence-electron chi connectivity index (χ3n) is 6.02. The van der Waals surface area contributed by atoms with E-state index in [1.54, 1.807) is 12.3 Å². The fraction of sp³-hybridized carbons (Fsp3) is 0.130. The van der Waals surface area contributed by atoms with Crippen molar-refractivity contribution >= 4 is 49.9 Å². The van der Waals surface area contributed by atoms with Gasteiger partial charge in [0.05, 0.1) is 16.7 Å². The molecule has 5 nitrogen and oxygen atoms in total. The van der Waals surface area contributed by atoms with Crippen LogP contribution in [0.4, 0.5) is 10.1 Å². The summed E-state index contributed by atoms with van der Waals surface area (Å²) in [6, 6.07) is 10.9. The van der Waals surface area contributed by atoms with Gasteiger partial charge >= 0.3 is 0 Å². The van der Waals surface area contributed by atoms with Gasteiger partial charge in [-0.25, -0.2) is 4.39 Å². The molecule has 1 aliphatic rings. The largest absolute Gasteiger partial charge is 0.394 e. The molecule has 30 heavy (non-hydrogen) atoms. The van der Waals surface area contributed by atoms with Crippen LogP contribution in [0.5, 0.6) is 0 Å². The summed E-state index contributed by atoms with van der Waals surface area (Å²) in [5, 5.41) is 10.5. The van der Waals surface area contributed by atoms with Crippen LogP contribution >= 0.6 is 11.6 Å². The van der Waals surface area contributed by atoms with Gasteiger partial charge in [0.15, 0.2) is 0 Å². The van der Waals surface area contributed by atoms with Crippen molar-refractivity contribution in [2.24, 2.45) is 0 Å². The molecule has 0 aliphatic heterocycles. The van der Waals surface area contributed by atoms with Crippen molar-refractivity contribution in [2.45, 2.75) is 18.8 Å². The molecule has 5 aromatic rings. The molecular weight excluding hydrogens is 403 g/mol. The van der Waals surface area contributed by atoms with Gasteiger partial charge in [-0.15, -0.1) is 0 Å². The Balaban J connectivity index is 1.85. The lowest BCUT2D eigenvalue weighted by molar-refractivity contribution is 0.636. The zero-order valence-corrected chi connectivity index (χ0v) is 16.5. The molecule has 2 heterocycles. The molecule has 1 saturated carbocycles. The van der Waals surface area contributed by atoms with Crippen LogP contribution in [0.1, 0.15) is 24.3 Å². The predicted molar refractivity (Wildman–Crippen MR) is 119 cm³/mol. The van der Waals surface area contributed by atoms with Crippen molar-refractivity contribution in [3.63, 3.8) is 0 Å². The number of hydrogen-bond acceptors (Lipinski definition) is 3. The fourth-order valence-corrected chi connectivity index (χ4v) is 4.74. The van der Waals surface area contributed by atoms with Crippen LogP contribution in [0, 0.1) is 5.82 Å². The Morgan fingerprint density at radius 2 is 1.93 bits per heavy atom. The Kier molecular flexibility index (Phi) is 3.53. The summed E-state index contributed by atoms with van der Waals surface area (Å²) >= 11 is 6.60. The zero-order valence-electron chi connectivity index (χ0n) is 15.7. The SMILES string of the molecule is Nc1c(-c2ccc(F)c3[nH]ncc23)c2cc(C3CC3)c3cccc(Cl)c3c2[nH]c1=O. The van der Waals surface area contributed by atoms with E-state index in [4.69, 9.17) is 17.3 Å². The summed E-state index contributed by atoms with van der Waals surface area (Å²) in [5.74, 6) is 0.0460. The lowest BCUT2D eigenvalue weighted by atomic mass is 9.91. The number of rotatable bonds is 2. The highest BCUT2D eigenvalue weighted by atomic mass is 35.5. The van der Waals surface area contributed by atoms with Crippen LogP contribution in [-0.4, -0.2) is 15.2 Å². The highest BCUT2D eigenvalue weighted by Gasteiger charge is 2.28. The smallest absolute Gasteiger partial charge is 0.272 e. The lowest BCUT2D eigenvalue weighted by Crippen LogP contribution is -2.14. The molecule has 148 valence electrons. The van der Waals surface area contributed by atoms with Crippen LogP contribution < -0.4 is 11.3 Å². The first-order valence-electron chi connectivity index (χ1n) is 9.73. The minimum Gasteiger partial charge on any atom is -0.394 e. The molecule has 0 saturated heterocycles. The molecule has 0 unspecified atom stereocenters. The molecular formula is C23H16ClFN4O. The van der Waals surface area contributed by atoms with Gasteiger partial charge in [-0.1, -0.05) is 29.8 Å². The Morgan fingerprint density at radius 3 is 2.73 bits per heavy atom. The summed E-state index contributed by atoms with van der Waals surface area (Å²) in [7, 11) is 0. The van der Waals surface area contributed by atoms with Crippen LogP contribution in [0.25, 0.3) is 43.7 Å². The number of nitrogens with one attached hydrogen (secondary N) is 2. The van der Waals surface area contributed by atoms with E-state index in [2.05, 4.69) is 21.2 Å². The highest BCUT2D eigenvalue weighted by molar-refractivity contribution is 6.38. The molecule has 6 rings (SSSR count). The van der Waals surface area contributed by atoms with Gasteiger partial charge in [0.25, 0.3) is 5.56 Å². The molecule has 0 atom stereocenters. The van der Waals surface area contributed by atoms with E-state index in [1.165, 1.54) is 11.6 Å². The van der Waals surface area contributed by atoms with Crippen molar-refractivity contribution < 1.29 is 4.39 Å². The third kappa shape index (κ3) is 2.34. The second-order valence-electron chi connectivity index (χ2n) is 7.82. The summed E-state index contributed by atoms with van der Waals surface area (Å²) in [4.78, 5) is 15.8. The number of hydrogen-bond donors (Lipinski definition) is 3. The van der Waals surface area contributed by atoms with E-state index in [0.29, 0.717) is 33.0 Å². The summed E-state index contributed by atoms with van der Waals surface area (Å²) in [5.41, 5.74) is 9.32. The first-order valence-corrected chi connectivity index (χ1v) is 10.1. The van der Waals surface area contributed by atoms with Crippen LogP contribution in [0.15, 0.2) is 47.4 Å². The highest BCUT2D eigenvalue weighted by Crippen LogP contribution is 2.48. The number of aromatic nitrogens is 3. The number of aromatic amines is 2. The molecule has 3 aromatic carbocycles. The van der Waals surface area contributed by atoms with E-state index >= 15 is 0 Å². The predicted octanol–water partition coefficient (Wildman–Crippen LogP) is 5.48. The molecule has 0 radical (unpaired) electrons. The van der Waals surface area contributed by atoms with Crippen molar-refractivity contribution in [3.05, 3.63) is 69.4 Å². The summed E-state index contributed by atoms with van der Waals surface area (Å²) < 4.78 is 14.3. The van der Waals surface area contributed by atoms with E-state index in [9.17, 15) is 9.18 Å². The third-order valence-corrected chi connectivity index (χ3v) is 6.33. The lowest BCUT2D eigenvalue weighted by Gasteiger charge is -2.16. The topological polar surface area (TPSA) is 87.6 Å². The minimum absolute atomic E-state index is 0.0877. The Labute approximate surface area is 174 Å². The van der Waals surface area contributed by atoms with Crippen molar-refractivity contribution in [3.8, 4) is 11.1 Å². The Bertz CT molecular complexity index is 1570. The number of pyridine rings is 1. The Hall–Kier alpha value is -3.38. The maximum absolute atomic E-state index is 14.3. The van der Waals surface area contributed by atoms with Gasteiger partial charge in [-0.05, 0) is 53.5 Å². The number of nitrogens with two attached hydrogens (primary N) is 1. The first-order chi connectivity index (χ1) is 14.5. The molecule has 2 aromatic heterocycles. The number of nitrogens with zero attached hydrogens (tertiary/aromatic N) is 1. The van der Waals surface area contributed by atoms with E-state index in [-0.39, 0.29) is 11.2 Å². The van der Waals surface area contributed by atoms with Crippen molar-refractivity contribution in [1.29, 1.82) is 0 Å². The zero-order chi connectivity index (χ0) is 20.6. The fourth-order valence-electron chi connectivity index (χ4n) is 4.47. The quantitative estimate of drug-likeness (QED) is 0.332. The molecule has 7 heteroatoms. The minimum atomic E-state index is -0.411. The van der Waals surface area contributed by atoms with Crippen molar-refractivity contribution in [2.75, 3.05) is 5.73 Å². The molecule has 0 spiro atoms. The first kappa shape index (κ1) is 17.5. The van der Waals surface area contributed by atoms with Crippen LogP contribution in [-0.2, 0) is 0 Å². The van der Waals surface area contributed by atoms with Gasteiger partial charge in [0.1, 0.15) is 17.0 Å². The molecule has 0 bridgehead atoms. The number of nitrogen functional groups attached to an aromatic ring is 1. The Morgan fingerprint density at radius 1 is 1.10 bits per heavy atom. The average molecular weight is 419 g/mol. The number of fused-ring (bicyclic) bond motifs is 4. The average Bonchev–Trinajstić information content (AvgIpc) is 3.45. The number of halogens is 2. The second kappa shape index (κ2) is 6.06. The van der Waals surface area contributed by atoms with Gasteiger partial charge in [-0.2, -0.15) is 5.10 Å². The number of H-pyrrole nitrogens is 2. The van der Waals surface area contributed by atoms with Crippen LogP contribution in [0.2, 0.25) is 5.02 Å². The summed E-state index contributed by atoms with van der Waals surface area (Å²) in [6.45, 7) is 0. The normalized spacial score (nSPS) is 14.2. The molecule has 1 aliphatic carbocycles. The van der Waals surface area contributed by atoms with Gasteiger partial charge in [-0.3, -0.25) is 9.89 Å². The monoisotopic (exact) mass is 418 g/mol. The van der Waals surface area contributed by atoms with Crippen molar-refractivity contribution in [1.82, 2.24) is 15.2 Å². The van der Waals surface area contributed by atoms with Crippen LogP contribution in [0.3, 0.4) is 0 Å². The molecule has 1 fully saturated rings. The summed E-state index contributed by atoms with van der Waals surface area (Å²) in [6.07, 6.45) is 3.78. The maximum atomic E-state index is 14.3. The van der Waals surface area contributed by atoms with Gasteiger partial charge < -0.3 is 10.7 Å². The standard InChI is InChI=1S/C23H16ClFN4O/c24-16-3-1-2-11-13(10-4-5-10)8-14-18(20(26)23(30)28-22(14)19(11)16)12-6-7-17(25)21-15(12)9-27-29-21/h1-3,6-10H,4-5,26H2,(H,27,29)(H,28,30). The van der Waals surface area contributed by atoms with Gasteiger partial charge in [0.2, 0.25) is 0 Å². The molecule has 0 amide bonds. The van der Waals surface area contributed by atoms with Gasteiger partial charge in [0, 0.05) is 21.7 Å².